The van der Waals surface area contributed by atoms with Crippen LogP contribution >= 0.6 is 23.4 Å². The molecule has 1 unspecified atom stereocenters. The minimum Gasteiger partial charge on any atom is -0.494 e. The van der Waals surface area contributed by atoms with Crippen LogP contribution < -0.4 is 14.4 Å². The van der Waals surface area contributed by atoms with Crippen LogP contribution in [-0.2, 0) is 32.6 Å². The van der Waals surface area contributed by atoms with Crippen molar-refractivity contribution in [2.24, 2.45) is 0 Å². The molecule has 0 fully saturated rings. The summed E-state index contributed by atoms with van der Waals surface area (Å²) in [4.78, 5) is 30.9. The Bertz CT molecular complexity index is 1720. The Kier molecular flexibility index (Phi) is 13.8. The standard InChI is InChI=1S/C37H42ClN3O5S2/c1-4-6-24-39-37(43)35(25-28-10-8-7-9-11-28)40(26-29-12-14-30(38)15-13-29)36(42)27-41(31-16-18-32(19-17-31)46-5-2)48(44,45)34-22-20-33(47-3)21-23-34/h7-23,35H,4-6,24-27H2,1-3H3,(H,39,43). The van der Waals surface area contributed by atoms with Crippen LogP contribution in [0.3, 0.4) is 0 Å². The second-order valence-corrected chi connectivity index (χ2v) is 14.3. The molecular weight excluding hydrogens is 666 g/mol. The summed E-state index contributed by atoms with van der Waals surface area (Å²) in [7, 11) is -4.22. The van der Waals surface area contributed by atoms with Gasteiger partial charge in [0.2, 0.25) is 11.8 Å². The summed E-state index contributed by atoms with van der Waals surface area (Å²) in [5.41, 5.74) is 1.90. The van der Waals surface area contributed by atoms with Gasteiger partial charge in [-0.05, 0) is 91.4 Å². The van der Waals surface area contributed by atoms with E-state index in [1.807, 2.05) is 50.4 Å². The van der Waals surface area contributed by atoms with E-state index in [2.05, 4.69) is 5.32 Å². The van der Waals surface area contributed by atoms with E-state index in [1.165, 1.54) is 28.8 Å². The van der Waals surface area contributed by atoms with E-state index in [1.54, 1.807) is 60.7 Å². The molecule has 4 aromatic rings. The van der Waals surface area contributed by atoms with Crippen LogP contribution in [-0.4, -0.2) is 57.1 Å². The molecule has 0 saturated heterocycles. The number of hydrogen-bond acceptors (Lipinski definition) is 6. The molecule has 2 amide bonds. The van der Waals surface area contributed by atoms with Gasteiger partial charge in [0.05, 0.1) is 17.2 Å². The summed E-state index contributed by atoms with van der Waals surface area (Å²) >= 11 is 7.67. The van der Waals surface area contributed by atoms with Crippen LogP contribution in [0, 0.1) is 0 Å². The quantitative estimate of drug-likeness (QED) is 0.0921. The highest BCUT2D eigenvalue weighted by Gasteiger charge is 2.34. The first-order valence-electron chi connectivity index (χ1n) is 15.9. The third kappa shape index (κ3) is 10.0. The zero-order valence-corrected chi connectivity index (χ0v) is 29.9. The van der Waals surface area contributed by atoms with Gasteiger partial charge in [-0.2, -0.15) is 0 Å². The van der Waals surface area contributed by atoms with E-state index in [0.29, 0.717) is 29.6 Å². The summed E-state index contributed by atoms with van der Waals surface area (Å²) in [5.74, 6) is -0.266. The SMILES string of the molecule is CCCCNC(=O)C(Cc1ccccc1)N(Cc1ccc(Cl)cc1)C(=O)CN(c1ccc(OCC)cc1)S(=O)(=O)c1ccc(SC)cc1. The van der Waals surface area contributed by atoms with Crippen molar-refractivity contribution >= 4 is 50.9 Å². The number of nitrogens with zero attached hydrogens (tertiary/aromatic N) is 2. The van der Waals surface area contributed by atoms with Gasteiger partial charge in [0.15, 0.2) is 0 Å². The zero-order valence-electron chi connectivity index (χ0n) is 27.5. The van der Waals surface area contributed by atoms with Crippen LogP contribution in [0.15, 0.2) is 113 Å². The van der Waals surface area contributed by atoms with Gasteiger partial charge in [-0.1, -0.05) is 67.4 Å². The number of rotatable bonds is 17. The molecule has 4 aromatic carbocycles. The fraction of sp³-hybridized carbons (Fsp3) is 0.297. The third-order valence-electron chi connectivity index (χ3n) is 7.73. The highest BCUT2D eigenvalue weighted by atomic mass is 35.5. The van der Waals surface area contributed by atoms with E-state index in [4.69, 9.17) is 16.3 Å². The maximum atomic E-state index is 14.6. The lowest BCUT2D eigenvalue weighted by Crippen LogP contribution is -2.53. The van der Waals surface area contributed by atoms with Crippen molar-refractivity contribution < 1.29 is 22.7 Å². The van der Waals surface area contributed by atoms with E-state index >= 15 is 0 Å². The number of carbonyl (C=O) groups excluding carboxylic acids is 2. The van der Waals surface area contributed by atoms with Gasteiger partial charge in [-0.15, -0.1) is 11.8 Å². The number of ether oxygens (including phenoxy) is 1. The van der Waals surface area contributed by atoms with Crippen LogP contribution in [0.1, 0.15) is 37.8 Å². The molecule has 0 aliphatic heterocycles. The summed E-state index contributed by atoms with van der Waals surface area (Å²) in [6.45, 7) is 4.33. The van der Waals surface area contributed by atoms with Crippen molar-refractivity contribution in [2.45, 2.75) is 55.5 Å². The molecule has 1 atom stereocenters. The lowest BCUT2D eigenvalue weighted by Gasteiger charge is -2.34. The van der Waals surface area contributed by atoms with Crippen LogP contribution in [0.2, 0.25) is 5.02 Å². The van der Waals surface area contributed by atoms with Gasteiger partial charge in [-0.3, -0.25) is 13.9 Å². The number of halogens is 1. The molecule has 0 aliphatic carbocycles. The average molecular weight is 708 g/mol. The van der Waals surface area contributed by atoms with E-state index in [9.17, 15) is 18.0 Å². The molecule has 0 spiro atoms. The van der Waals surface area contributed by atoms with Gasteiger partial charge in [0.25, 0.3) is 10.0 Å². The lowest BCUT2D eigenvalue weighted by atomic mass is 10.0. The van der Waals surface area contributed by atoms with Crippen LogP contribution in [0.5, 0.6) is 5.75 Å². The first kappa shape index (κ1) is 36.8. The number of sulfonamides is 1. The molecular formula is C37H42ClN3O5S2. The maximum absolute atomic E-state index is 14.6. The Balaban J connectivity index is 1.79. The van der Waals surface area contributed by atoms with Crippen LogP contribution in [0.4, 0.5) is 5.69 Å². The molecule has 48 heavy (non-hydrogen) atoms. The maximum Gasteiger partial charge on any atom is 0.264 e. The fourth-order valence-electron chi connectivity index (χ4n) is 5.13. The highest BCUT2D eigenvalue weighted by molar-refractivity contribution is 7.98. The molecule has 0 heterocycles. The van der Waals surface area contributed by atoms with E-state index in [-0.39, 0.29) is 23.8 Å². The molecule has 0 aromatic heterocycles. The second kappa shape index (κ2) is 18.0. The first-order valence-corrected chi connectivity index (χ1v) is 19.0. The van der Waals surface area contributed by atoms with Crippen molar-refractivity contribution in [1.29, 1.82) is 0 Å². The smallest absolute Gasteiger partial charge is 0.264 e. The van der Waals surface area contributed by atoms with Gasteiger partial charge in [0.1, 0.15) is 18.3 Å². The molecule has 0 bridgehead atoms. The van der Waals surface area contributed by atoms with Gasteiger partial charge in [-0.25, -0.2) is 8.42 Å². The monoisotopic (exact) mass is 707 g/mol. The summed E-state index contributed by atoms with van der Waals surface area (Å²) in [5, 5.41) is 3.54. The first-order chi connectivity index (χ1) is 23.2. The predicted octanol–water partition coefficient (Wildman–Crippen LogP) is 7.21. The molecule has 0 radical (unpaired) electrons. The predicted molar refractivity (Wildman–Crippen MR) is 194 cm³/mol. The average Bonchev–Trinajstić information content (AvgIpc) is 3.10. The summed E-state index contributed by atoms with van der Waals surface area (Å²) in [6, 6.07) is 28.7. The summed E-state index contributed by atoms with van der Waals surface area (Å²) < 4.78 is 35.3. The topological polar surface area (TPSA) is 96.0 Å². The number of nitrogens with one attached hydrogen (secondary N) is 1. The van der Waals surface area contributed by atoms with Crippen LogP contribution in [0.25, 0.3) is 0 Å². The largest absolute Gasteiger partial charge is 0.494 e. The molecule has 11 heteroatoms. The van der Waals surface area contributed by atoms with Crippen molar-refractivity contribution in [3.8, 4) is 5.75 Å². The number of anilines is 1. The van der Waals surface area contributed by atoms with Crippen molar-refractivity contribution in [3.05, 3.63) is 119 Å². The van der Waals surface area contributed by atoms with Crippen molar-refractivity contribution in [2.75, 3.05) is 30.3 Å². The highest BCUT2D eigenvalue weighted by Crippen LogP contribution is 2.28. The molecule has 1 N–H and O–H groups in total. The van der Waals surface area contributed by atoms with Gasteiger partial charge >= 0.3 is 0 Å². The Hall–Kier alpha value is -3.99. The Morgan fingerprint density at radius 3 is 2.15 bits per heavy atom. The number of carbonyl (C=O) groups is 2. The normalized spacial score (nSPS) is 11.8. The van der Waals surface area contributed by atoms with Gasteiger partial charge in [0, 0.05) is 29.4 Å². The van der Waals surface area contributed by atoms with Gasteiger partial charge < -0.3 is 15.0 Å². The number of hydrogen-bond donors (Lipinski definition) is 1. The second-order valence-electron chi connectivity index (χ2n) is 11.1. The minimum atomic E-state index is -4.22. The Morgan fingerprint density at radius 2 is 1.54 bits per heavy atom. The molecule has 254 valence electrons. The van der Waals surface area contributed by atoms with Crippen molar-refractivity contribution in [3.63, 3.8) is 0 Å². The number of unbranched alkanes of at least 4 members (excludes halogenated alkanes) is 1. The Labute approximate surface area is 293 Å². The van der Waals surface area contributed by atoms with Crippen molar-refractivity contribution in [1.82, 2.24) is 10.2 Å². The number of thioether (sulfide) groups is 1. The molecule has 8 nitrogen and oxygen atoms in total. The zero-order chi connectivity index (χ0) is 34.5. The fourth-order valence-corrected chi connectivity index (χ4v) is 7.07. The van der Waals surface area contributed by atoms with E-state index < -0.39 is 28.5 Å². The molecule has 4 rings (SSSR count). The lowest BCUT2D eigenvalue weighted by molar-refractivity contribution is -0.140. The number of benzene rings is 4. The third-order valence-corrected chi connectivity index (χ3v) is 10.5. The minimum absolute atomic E-state index is 0.0457. The Morgan fingerprint density at radius 1 is 0.875 bits per heavy atom. The van der Waals surface area contributed by atoms with E-state index in [0.717, 1.165) is 33.2 Å². The number of amides is 2. The summed E-state index contributed by atoms with van der Waals surface area (Å²) in [6.07, 6.45) is 3.83. The molecule has 0 saturated carbocycles. The molecule has 0 aliphatic rings.